The van der Waals surface area contributed by atoms with Crippen LogP contribution in [0.1, 0.15) is 15.9 Å². The van der Waals surface area contributed by atoms with E-state index in [9.17, 15) is 23.5 Å². The number of fused-ring (bicyclic) bond motifs is 1. The highest BCUT2D eigenvalue weighted by atomic mass is 19.1. The number of carbonyl (C=O) groups excluding carboxylic acids is 1. The third-order valence-corrected chi connectivity index (χ3v) is 4.34. The Balaban J connectivity index is 2.05. The number of aromatic hydroxyl groups is 1. The topological polar surface area (TPSA) is 67.5 Å². The lowest BCUT2D eigenvalue weighted by Gasteiger charge is -2.10. The van der Waals surface area contributed by atoms with Gasteiger partial charge in [0.1, 0.15) is 39.7 Å². The van der Waals surface area contributed by atoms with Crippen molar-refractivity contribution in [2.45, 2.75) is 0 Å². The Labute approximate surface area is 157 Å². The van der Waals surface area contributed by atoms with Gasteiger partial charge in [-0.1, -0.05) is 6.07 Å². The summed E-state index contributed by atoms with van der Waals surface area (Å²) in [6.07, 6.45) is 0. The molecule has 4 nitrogen and oxygen atoms in total. The predicted molar refractivity (Wildman–Crippen MR) is 99.4 cm³/mol. The molecule has 0 aliphatic carbocycles. The molecule has 0 fully saturated rings. The zero-order chi connectivity index (χ0) is 19.8. The van der Waals surface area contributed by atoms with E-state index in [1.165, 1.54) is 54.6 Å². The van der Waals surface area contributed by atoms with Crippen LogP contribution < -0.4 is 5.43 Å². The number of ketones is 1. The van der Waals surface area contributed by atoms with Crippen LogP contribution >= 0.6 is 0 Å². The first-order chi connectivity index (χ1) is 13.5. The highest BCUT2D eigenvalue weighted by Crippen LogP contribution is 2.30. The third kappa shape index (κ3) is 2.95. The van der Waals surface area contributed by atoms with E-state index >= 15 is 0 Å². The maximum absolute atomic E-state index is 13.3. The Bertz CT molecular complexity index is 1260. The van der Waals surface area contributed by atoms with Gasteiger partial charge in [-0.2, -0.15) is 0 Å². The first kappa shape index (κ1) is 17.6. The zero-order valence-electron chi connectivity index (χ0n) is 14.3. The number of phenolic OH excluding ortho intramolecular Hbond substituents is 1. The molecule has 28 heavy (non-hydrogen) atoms. The van der Waals surface area contributed by atoms with Crippen LogP contribution in [0.3, 0.4) is 0 Å². The first-order valence-corrected chi connectivity index (χ1v) is 8.30. The van der Waals surface area contributed by atoms with Gasteiger partial charge in [-0.3, -0.25) is 9.59 Å². The van der Waals surface area contributed by atoms with E-state index in [-0.39, 0.29) is 33.6 Å². The highest BCUT2D eigenvalue weighted by molar-refractivity contribution is 6.13. The molecule has 0 spiro atoms. The van der Waals surface area contributed by atoms with Gasteiger partial charge < -0.3 is 9.52 Å². The molecule has 0 unspecified atom stereocenters. The lowest BCUT2D eigenvalue weighted by molar-refractivity contribution is 0.103. The molecule has 6 heteroatoms. The molecule has 1 aromatic heterocycles. The number of carbonyl (C=O) groups is 1. The highest BCUT2D eigenvalue weighted by Gasteiger charge is 2.24. The van der Waals surface area contributed by atoms with E-state index in [1.807, 2.05) is 0 Å². The van der Waals surface area contributed by atoms with Crippen molar-refractivity contribution in [1.82, 2.24) is 0 Å². The molecule has 0 atom stereocenters. The molecular formula is C22H12F2O4. The number of hydrogen-bond acceptors (Lipinski definition) is 4. The molecule has 0 amide bonds. The number of rotatable bonds is 3. The van der Waals surface area contributed by atoms with Crippen LogP contribution in [0, 0.1) is 11.6 Å². The van der Waals surface area contributed by atoms with Crippen molar-refractivity contribution < 1.29 is 23.1 Å². The molecular weight excluding hydrogens is 366 g/mol. The van der Waals surface area contributed by atoms with E-state index in [2.05, 4.69) is 0 Å². The van der Waals surface area contributed by atoms with Crippen LogP contribution in [0.5, 0.6) is 5.75 Å². The van der Waals surface area contributed by atoms with E-state index < -0.39 is 22.8 Å². The minimum absolute atomic E-state index is 0.0579. The second kappa shape index (κ2) is 6.74. The molecule has 138 valence electrons. The fourth-order valence-corrected chi connectivity index (χ4v) is 2.98. The lowest BCUT2D eigenvalue weighted by atomic mass is 9.97. The normalized spacial score (nSPS) is 10.9. The van der Waals surface area contributed by atoms with Crippen molar-refractivity contribution >= 4 is 16.8 Å². The summed E-state index contributed by atoms with van der Waals surface area (Å²) in [5.41, 5.74) is -0.582. The maximum atomic E-state index is 13.3. The molecule has 1 N–H and O–H groups in total. The Kier molecular flexibility index (Phi) is 4.24. The summed E-state index contributed by atoms with van der Waals surface area (Å²) in [7, 11) is 0. The second-order valence-electron chi connectivity index (χ2n) is 6.13. The number of hydrogen-bond donors (Lipinski definition) is 1. The number of phenols is 1. The maximum Gasteiger partial charge on any atom is 0.208 e. The van der Waals surface area contributed by atoms with Gasteiger partial charge in [0.05, 0.1) is 0 Å². The Morgan fingerprint density at radius 3 is 2.11 bits per heavy atom. The van der Waals surface area contributed by atoms with Crippen molar-refractivity contribution in [3.63, 3.8) is 0 Å². The summed E-state index contributed by atoms with van der Waals surface area (Å²) < 4.78 is 32.3. The fraction of sp³-hybridized carbons (Fsp3) is 0. The lowest BCUT2D eigenvalue weighted by Crippen LogP contribution is -2.18. The standard InChI is InChI=1S/C22H12F2O4/c23-14-8-4-12(5-9-14)20(26)19-21(27)18-16(25)2-1-3-17(18)28-22(19)13-6-10-15(24)11-7-13/h1-11,25H. The van der Waals surface area contributed by atoms with E-state index in [0.29, 0.717) is 5.56 Å². The summed E-state index contributed by atoms with van der Waals surface area (Å²) >= 11 is 0. The summed E-state index contributed by atoms with van der Waals surface area (Å²) in [4.78, 5) is 26.2. The van der Waals surface area contributed by atoms with Gasteiger partial charge in [0.25, 0.3) is 0 Å². The van der Waals surface area contributed by atoms with Gasteiger partial charge in [0.2, 0.25) is 11.2 Å². The smallest absolute Gasteiger partial charge is 0.208 e. The monoisotopic (exact) mass is 378 g/mol. The quantitative estimate of drug-likeness (QED) is 0.526. The van der Waals surface area contributed by atoms with E-state index in [0.717, 1.165) is 12.1 Å². The van der Waals surface area contributed by atoms with Crippen molar-refractivity contribution in [3.05, 3.63) is 99.7 Å². The SMILES string of the molecule is O=C(c1ccc(F)cc1)c1c(-c2ccc(F)cc2)oc2cccc(O)c2c1=O. The molecule has 0 bridgehead atoms. The van der Waals surface area contributed by atoms with Gasteiger partial charge in [0.15, 0.2) is 0 Å². The predicted octanol–water partition coefficient (Wildman–Crippen LogP) is 4.67. The molecule has 0 radical (unpaired) electrons. The molecule has 0 saturated carbocycles. The second-order valence-corrected chi connectivity index (χ2v) is 6.13. The van der Waals surface area contributed by atoms with Gasteiger partial charge in [-0.05, 0) is 60.7 Å². The van der Waals surface area contributed by atoms with Gasteiger partial charge in [0, 0.05) is 11.1 Å². The van der Waals surface area contributed by atoms with Crippen LogP contribution in [-0.4, -0.2) is 10.9 Å². The van der Waals surface area contributed by atoms with Gasteiger partial charge in [-0.25, -0.2) is 8.78 Å². The zero-order valence-corrected chi connectivity index (χ0v) is 14.3. The van der Waals surface area contributed by atoms with Gasteiger partial charge >= 0.3 is 0 Å². The molecule has 1 heterocycles. The Morgan fingerprint density at radius 1 is 0.857 bits per heavy atom. The average Bonchev–Trinajstić information content (AvgIpc) is 2.68. The van der Waals surface area contributed by atoms with E-state index in [4.69, 9.17) is 4.42 Å². The summed E-state index contributed by atoms with van der Waals surface area (Å²) in [5, 5.41) is 9.95. The van der Waals surface area contributed by atoms with Crippen molar-refractivity contribution in [2.75, 3.05) is 0 Å². The van der Waals surface area contributed by atoms with Gasteiger partial charge in [-0.15, -0.1) is 0 Å². The van der Waals surface area contributed by atoms with E-state index in [1.54, 1.807) is 0 Å². The number of halogens is 2. The molecule has 4 aromatic rings. The molecule has 0 aliphatic rings. The summed E-state index contributed by atoms with van der Waals surface area (Å²) in [6.45, 7) is 0. The fourth-order valence-electron chi connectivity index (χ4n) is 2.98. The minimum atomic E-state index is -0.729. The molecule has 0 aliphatic heterocycles. The van der Waals surface area contributed by atoms with Crippen molar-refractivity contribution in [3.8, 4) is 17.1 Å². The third-order valence-electron chi connectivity index (χ3n) is 4.34. The largest absolute Gasteiger partial charge is 0.507 e. The van der Waals surface area contributed by atoms with Crippen LogP contribution in [0.15, 0.2) is 75.9 Å². The molecule has 3 aromatic carbocycles. The molecule has 0 saturated heterocycles. The molecule has 4 rings (SSSR count). The first-order valence-electron chi connectivity index (χ1n) is 8.30. The van der Waals surface area contributed by atoms with Crippen LogP contribution in [-0.2, 0) is 0 Å². The van der Waals surface area contributed by atoms with Crippen LogP contribution in [0.4, 0.5) is 8.78 Å². The van der Waals surface area contributed by atoms with Crippen molar-refractivity contribution in [1.29, 1.82) is 0 Å². The average molecular weight is 378 g/mol. The summed E-state index contributed by atoms with van der Waals surface area (Å²) in [6, 6.07) is 14.1. The van der Waals surface area contributed by atoms with Crippen molar-refractivity contribution in [2.24, 2.45) is 0 Å². The minimum Gasteiger partial charge on any atom is -0.507 e. The Morgan fingerprint density at radius 2 is 1.46 bits per heavy atom. The number of benzene rings is 3. The van der Waals surface area contributed by atoms with Crippen LogP contribution in [0.2, 0.25) is 0 Å². The van der Waals surface area contributed by atoms with Crippen LogP contribution in [0.25, 0.3) is 22.3 Å². The summed E-state index contributed by atoms with van der Waals surface area (Å²) in [5.74, 6) is -2.10. The Hall–Kier alpha value is -3.80.